The lowest BCUT2D eigenvalue weighted by Gasteiger charge is -2.35. The molecule has 1 aliphatic carbocycles. The standard InChI is InChI=1S/C18H22N2O4/c1-12-15(17(21)24-11-10-23-2)16(13-6-4-3-5-7-13)19-18(22)20(12)14-8-9-14/h3-7,14,16H,8-11H2,1-2H3,(H,19,22)/t16-/m0/s1. The predicted octanol–water partition coefficient (Wildman–Crippen LogP) is 2.38. The number of nitrogens with zero attached hydrogens (tertiary/aromatic N) is 1. The van der Waals surface area contributed by atoms with E-state index in [1.807, 2.05) is 37.3 Å². The highest BCUT2D eigenvalue weighted by molar-refractivity contribution is 5.95. The van der Waals surface area contributed by atoms with Crippen LogP contribution in [0, 0.1) is 0 Å². The van der Waals surface area contributed by atoms with Gasteiger partial charge in [-0.2, -0.15) is 0 Å². The number of hydrogen-bond donors (Lipinski definition) is 1. The zero-order chi connectivity index (χ0) is 17.1. The number of nitrogens with one attached hydrogen (secondary N) is 1. The van der Waals surface area contributed by atoms with E-state index in [9.17, 15) is 9.59 Å². The van der Waals surface area contributed by atoms with Gasteiger partial charge in [0.05, 0.1) is 18.2 Å². The Morgan fingerprint density at radius 1 is 1.25 bits per heavy atom. The number of benzene rings is 1. The van der Waals surface area contributed by atoms with E-state index in [-0.39, 0.29) is 18.7 Å². The lowest BCUT2D eigenvalue weighted by Crippen LogP contribution is -2.48. The van der Waals surface area contributed by atoms with Crippen LogP contribution in [0.25, 0.3) is 0 Å². The maximum atomic E-state index is 12.6. The highest BCUT2D eigenvalue weighted by atomic mass is 16.6. The van der Waals surface area contributed by atoms with Gasteiger partial charge in [0, 0.05) is 18.8 Å². The number of urea groups is 1. The molecule has 24 heavy (non-hydrogen) atoms. The Kier molecular flexibility index (Phi) is 4.85. The van der Waals surface area contributed by atoms with Crippen LogP contribution in [0.4, 0.5) is 4.79 Å². The zero-order valence-electron chi connectivity index (χ0n) is 14.0. The molecule has 0 unspecified atom stereocenters. The fourth-order valence-electron chi connectivity index (χ4n) is 2.99. The number of allylic oxidation sites excluding steroid dienone is 1. The van der Waals surface area contributed by atoms with Crippen molar-refractivity contribution in [2.75, 3.05) is 20.3 Å². The van der Waals surface area contributed by atoms with Gasteiger partial charge in [-0.3, -0.25) is 4.90 Å². The van der Waals surface area contributed by atoms with Crippen LogP contribution in [0.2, 0.25) is 0 Å². The molecular formula is C18H22N2O4. The number of amides is 2. The summed E-state index contributed by atoms with van der Waals surface area (Å²) in [5.74, 6) is -0.413. The molecule has 6 nitrogen and oxygen atoms in total. The predicted molar refractivity (Wildman–Crippen MR) is 88.1 cm³/mol. The van der Waals surface area contributed by atoms with E-state index in [1.54, 1.807) is 12.0 Å². The molecule has 0 saturated heterocycles. The lowest BCUT2D eigenvalue weighted by atomic mass is 9.95. The molecule has 0 spiro atoms. The van der Waals surface area contributed by atoms with E-state index in [0.29, 0.717) is 17.9 Å². The zero-order valence-corrected chi connectivity index (χ0v) is 14.0. The molecule has 1 aromatic carbocycles. The number of carbonyl (C=O) groups excluding carboxylic acids is 2. The summed E-state index contributed by atoms with van der Waals surface area (Å²) >= 11 is 0. The fourth-order valence-corrected chi connectivity index (χ4v) is 2.99. The van der Waals surface area contributed by atoms with Crippen LogP contribution in [0.5, 0.6) is 0 Å². The molecule has 128 valence electrons. The van der Waals surface area contributed by atoms with Crippen LogP contribution in [0.3, 0.4) is 0 Å². The summed E-state index contributed by atoms with van der Waals surface area (Å²) in [5, 5.41) is 2.95. The number of ether oxygens (including phenoxy) is 2. The average Bonchev–Trinajstić information content (AvgIpc) is 3.40. The smallest absolute Gasteiger partial charge is 0.338 e. The van der Waals surface area contributed by atoms with Crippen LogP contribution in [-0.2, 0) is 14.3 Å². The Labute approximate surface area is 141 Å². The van der Waals surface area contributed by atoms with Gasteiger partial charge in [-0.25, -0.2) is 9.59 Å². The first kappa shape index (κ1) is 16.5. The van der Waals surface area contributed by atoms with Crippen molar-refractivity contribution >= 4 is 12.0 Å². The topological polar surface area (TPSA) is 67.9 Å². The van der Waals surface area contributed by atoms with Gasteiger partial charge in [-0.15, -0.1) is 0 Å². The van der Waals surface area contributed by atoms with Crippen molar-refractivity contribution in [2.24, 2.45) is 0 Å². The molecule has 3 rings (SSSR count). The van der Waals surface area contributed by atoms with E-state index in [0.717, 1.165) is 18.4 Å². The first-order valence-electron chi connectivity index (χ1n) is 8.15. The van der Waals surface area contributed by atoms with Gasteiger partial charge in [0.2, 0.25) is 0 Å². The third-order valence-corrected chi connectivity index (χ3v) is 4.31. The summed E-state index contributed by atoms with van der Waals surface area (Å²) in [6, 6.07) is 9.00. The first-order valence-corrected chi connectivity index (χ1v) is 8.15. The van der Waals surface area contributed by atoms with E-state index in [1.165, 1.54) is 0 Å². The largest absolute Gasteiger partial charge is 0.460 e. The average molecular weight is 330 g/mol. The minimum atomic E-state index is -0.497. The van der Waals surface area contributed by atoms with Crippen LogP contribution in [0.1, 0.15) is 31.4 Å². The highest BCUT2D eigenvalue weighted by Gasteiger charge is 2.42. The van der Waals surface area contributed by atoms with E-state index < -0.39 is 12.0 Å². The number of hydrogen-bond acceptors (Lipinski definition) is 4. The second kappa shape index (κ2) is 7.05. The van der Waals surface area contributed by atoms with Crippen molar-refractivity contribution in [3.63, 3.8) is 0 Å². The van der Waals surface area contributed by atoms with E-state index in [2.05, 4.69) is 5.32 Å². The maximum Gasteiger partial charge on any atom is 0.338 e. The number of esters is 1. The Bertz CT molecular complexity index is 652. The number of rotatable bonds is 6. The Hall–Kier alpha value is -2.34. The lowest BCUT2D eigenvalue weighted by molar-refractivity contribution is -0.140. The third-order valence-electron chi connectivity index (χ3n) is 4.31. The molecule has 1 fully saturated rings. The molecule has 0 aromatic heterocycles. The molecule has 0 bridgehead atoms. The normalized spacial score (nSPS) is 20.8. The third kappa shape index (κ3) is 3.28. The Morgan fingerprint density at radius 3 is 2.58 bits per heavy atom. The summed E-state index contributed by atoms with van der Waals surface area (Å²) in [7, 11) is 1.56. The summed E-state index contributed by atoms with van der Waals surface area (Å²) in [6.45, 7) is 2.34. The summed E-state index contributed by atoms with van der Waals surface area (Å²) in [4.78, 5) is 26.8. The fraction of sp³-hybridized carbons (Fsp3) is 0.444. The molecule has 2 aliphatic rings. The SMILES string of the molecule is COCCOC(=O)C1=C(C)N(C2CC2)C(=O)N[C@H]1c1ccccc1. The van der Waals surface area contributed by atoms with Gasteiger partial charge < -0.3 is 14.8 Å². The van der Waals surface area contributed by atoms with Crippen LogP contribution in [0.15, 0.2) is 41.6 Å². The van der Waals surface area contributed by atoms with Gasteiger partial charge in [0.1, 0.15) is 6.61 Å². The minimum absolute atomic E-state index is 0.155. The summed E-state index contributed by atoms with van der Waals surface area (Å²) in [6.07, 6.45) is 1.93. The van der Waals surface area contributed by atoms with Crippen molar-refractivity contribution < 1.29 is 19.1 Å². The molecule has 1 atom stereocenters. The monoisotopic (exact) mass is 330 g/mol. The number of methoxy groups -OCH3 is 1. The van der Waals surface area contributed by atoms with Crippen LogP contribution in [-0.4, -0.2) is 43.3 Å². The van der Waals surface area contributed by atoms with Gasteiger partial charge in [0.25, 0.3) is 0 Å². The van der Waals surface area contributed by atoms with Crippen molar-refractivity contribution in [3.8, 4) is 0 Å². The molecule has 6 heteroatoms. The van der Waals surface area contributed by atoms with Crippen LogP contribution >= 0.6 is 0 Å². The van der Waals surface area contributed by atoms with Gasteiger partial charge in [-0.1, -0.05) is 30.3 Å². The summed E-state index contributed by atoms with van der Waals surface area (Å²) < 4.78 is 10.3. The van der Waals surface area contributed by atoms with Crippen molar-refractivity contribution in [1.29, 1.82) is 0 Å². The second-order valence-electron chi connectivity index (χ2n) is 6.02. The van der Waals surface area contributed by atoms with Crippen molar-refractivity contribution in [1.82, 2.24) is 10.2 Å². The molecule has 1 saturated carbocycles. The van der Waals surface area contributed by atoms with E-state index >= 15 is 0 Å². The molecule has 1 aromatic rings. The highest BCUT2D eigenvalue weighted by Crippen LogP contribution is 2.37. The Balaban J connectivity index is 1.94. The molecule has 2 amide bonds. The molecule has 1 heterocycles. The van der Waals surface area contributed by atoms with Gasteiger partial charge in [-0.05, 0) is 25.3 Å². The molecule has 1 N–H and O–H groups in total. The van der Waals surface area contributed by atoms with Gasteiger partial charge in [0.15, 0.2) is 0 Å². The quantitative estimate of drug-likeness (QED) is 0.642. The molecular weight excluding hydrogens is 308 g/mol. The first-order chi connectivity index (χ1) is 11.6. The number of carbonyl (C=O) groups is 2. The summed E-state index contributed by atoms with van der Waals surface area (Å²) in [5.41, 5.74) is 2.03. The second-order valence-corrected chi connectivity index (χ2v) is 6.02. The van der Waals surface area contributed by atoms with Crippen molar-refractivity contribution in [3.05, 3.63) is 47.2 Å². The minimum Gasteiger partial charge on any atom is -0.460 e. The van der Waals surface area contributed by atoms with E-state index in [4.69, 9.17) is 9.47 Å². The molecule has 0 radical (unpaired) electrons. The Morgan fingerprint density at radius 2 is 1.96 bits per heavy atom. The van der Waals surface area contributed by atoms with Gasteiger partial charge >= 0.3 is 12.0 Å². The van der Waals surface area contributed by atoms with Crippen LogP contribution < -0.4 is 5.32 Å². The molecule has 1 aliphatic heterocycles. The maximum absolute atomic E-state index is 12.6. The van der Waals surface area contributed by atoms with Crippen molar-refractivity contribution in [2.45, 2.75) is 31.8 Å².